The summed E-state index contributed by atoms with van der Waals surface area (Å²) in [7, 11) is 2.03. The molecule has 2 aliphatic heterocycles. The number of aliphatic hydroxyl groups excluding tert-OH is 1. The van der Waals surface area contributed by atoms with Crippen LogP contribution in [-0.4, -0.2) is 53.1 Å². The van der Waals surface area contributed by atoms with E-state index in [-0.39, 0.29) is 17.3 Å². The normalized spacial score (nSPS) is 35.4. The fourth-order valence-corrected chi connectivity index (χ4v) is 2.56. The van der Waals surface area contributed by atoms with Crippen LogP contribution in [0.25, 0.3) is 0 Å². The zero-order valence-electron chi connectivity index (χ0n) is 11.0. The number of likely N-dealkylation sites (N-methyl/N-ethyl adjacent to an activating group) is 1. The van der Waals surface area contributed by atoms with Gasteiger partial charge in [-0.15, -0.1) is 0 Å². The topological polar surface area (TPSA) is 124 Å². The minimum absolute atomic E-state index is 0.207. The van der Waals surface area contributed by atoms with Gasteiger partial charge in [-0.05, 0) is 13.0 Å². The third-order valence-corrected chi connectivity index (χ3v) is 3.12. The Bertz CT molecular complexity index is 384. The summed E-state index contributed by atoms with van der Waals surface area (Å²) in [5.41, 5.74) is -0.429. The maximum Gasteiger partial charge on any atom is 0.351 e. The van der Waals surface area contributed by atoms with E-state index in [1.807, 2.05) is 14.0 Å². The number of nitrogens with two attached hydrogens (primary N) is 1. The van der Waals surface area contributed by atoms with Crippen LogP contribution in [0.4, 0.5) is 0 Å². The third kappa shape index (κ3) is 4.02. The molecule has 0 aromatic heterocycles. The van der Waals surface area contributed by atoms with E-state index in [4.69, 9.17) is 24.5 Å². The fraction of sp³-hybridized carbons (Fsp3) is 0.667. The van der Waals surface area contributed by atoms with E-state index in [0.29, 0.717) is 0 Å². The van der Waals surface area contributed by atoms with E-state index in [9.17, 15) is 5.11 Å². The van der Waals surface area contributed by atoms with E-state index in [2.05, 4.69) is 17.5 Å². The Labute approximate surface area is 110 Å². The molecule has 0 saturated carbocycles. The van der Waals surface area contributed by atoms with Gasteiger partial charge in [0.25, 0.3) is 0 Å². The molecule has 1 saturated heterocycles. The van der Waals surface area contributed by atoms with Gasteiger partial charge in [0, 0.05) is 12.8 Å². The van der Waals surface area contributed by atoms with Crippen molar-refractivity contribution in [3.8, 4) is 0 Å². The Kier molecular flexibility index (Phi) is 4.67. The second kappa shape index (κ2) is 5.68. The maximum atomic E-state index is 9.71. The largest absolute Gasteiger partial charge is 0.539 e. The first-order chi connectivity index (χ1) is 8.72. The molecule has 0 aromatic carbocycles. The van der Waals surface area contributed by atoms with Gasteiger partial charge in [0.1, 0.15) is 12.1 Å². The first kappa shape index (κ1) is 15.6. The van der Waals surface area contributed by atoms with Gasteiger partial charge in [0.15, 0.2) is 5.97 Å². The van der Waals surface area contributed by atoms with E-state index < -0.39 is 11.9 Å². The number of carbonyl (C=O) groups is 2. The van der Waals surface area contributed by atoms with Gasteiger partial charge in [-0.3, -0.25) is 0 Å². The van der Waals surface area contributed by atoms with Crippen LogP contribution in [0.2, 0.25) is 0 Å². The Morgan fingerprint density at radius 1 is 1.47 bits per heavy atom. The van der Waals surface area contributed by atoms with Crippen molar-refractivity contribution < 1.29 is 35.0 Å². The Morgan fingerprint density at radius 2 is 2.05 bits per heavy atom. The highest BCUT2D eigenvalue weighted by Crippen LogP contribution is 2.42. The van der Waals surface area contributed by atoms with Gasteiger partial charge in [-0.25, -0.2) is 4.79 Å². The first-order valence-electron chi connectivity index (χ1n) is 6.03. The number of carboxylic acids is 2. The van der Waals surface area contributed by atoms with E-state index in [0.717, 1.165) is 19.4 Å². The number of quaternary nitrogens is 1. The standard InChI is InChI=1S/C10H17NO2.C2H2O4/c1-9-3-4-10(13-9,7-11-2)6-8(12)5-9;3-1(4)2(5)6/h3-4,8,11-12H,5-7H2,1-2H3;(H,3,4)(H,5,6). The molecule has 3 atom stereocenters. The highest BCUT2D eigenvalue weighted by molar-refractivity contribution is 6.26. The number of aliphatic carboxylic acids is 2. The molecule has 0 aromatic rings. The van der Waals surface area contributed by atoms with Crippen LogP contribution in [0.5, 0.6) is 0 Å². The molecule has 7 nitrogen and oxygen atoms in total. The van der Waals surface area contributed by atoms with Crippen molar-refractivity contribution in [1.29, 1.82) is 0 Å². The van der Waals surface area contributed by atoms with Crippen LogP contribution < -0.4 is 10.4 Å². The molecule has 0 amide bonds. The summed E-state index contributed by atoms with van der Waals surface area (Å²) in [6.45, 7) is 2.94. The highest BCUT2D eigenvalue weighted by atomic mass is 16.5. The number of aliphatic hydroxyl groups is 1. The lowest BCUT2D eigenvalue weighted by Crippen LogP contribution is -2.84. The highest BCUT2D eigenvalue weighted by Gasteiger charge is 2.49. The SMILES string of the molecule is C[NH2+]CC12C=CC(C)(CC(O)C1)O2.O=C([O-])C(=O)O. The van der Waals surface area contributed by atoms with Crippen LogP contribution in [0, 0.1) is 0 Å². The number of hydrogen-bond acceptors (Lipinski definition) is 5. The maximum absolute atomic E-state index is 9.71. The molecular formula is C12H19NO6. The van der Waals surface area contributed by atoms with E-state index in [1.54, 1.807) is 0 Å². The summed E-state index contributed by atoms with van der Waals surface area (Å²) in [6.07, 6.45) is 5.49. The zero-order valence-corrected chi connectivity index (χ0v) is 11.0. The molecule has 2 aliphatic rings. The molecule has 4 N–H and O–H groups in total. The van der Waals surface area contributed by atoms with Gasteiger partial charge in [-0.2, -0.15) is 0 Å². The smallest absolute Gasteiger partial charge is 0.351 e. The van der Waals surface area contributed by atoms with Crippen molar-refractivity contribution in [3.63, 3.8) is 0 Å². The van der Waals surface area contributed by atoms with Crippen LogP contribution in [0.3, 0.4) is 0 Å². The van der Waals surface area contributed by atoms with Crippen LogP contribution in [-0.2, 0) is 14.3 Å². The average molecular weight is 273 g/mol. The van der Waals surface area contributed by atoms with Crippen molar-refractivity contribution in [2.24, 2.45) is 0 Å². The molecule has 2 rings (SSSR count). The van der Waals surface area contributed by atoms with E-state index in [1.165, 1.54) is 0 Å². The molecule has 2 bridgehead atoms. The van der Waals surface area contributed by atoms with Crippen molar-refractivity contribution in [2.45, 2.75) is 37.1 Å². The number of carbonyl (C=O) groups excluding carboxylic acids is 1. The average Bonchev–Trinajstić information content (AvgIpc) is 2.50. The molecule has 2 heterocycles. The number of rotatable bonds is 2. The first-order valence-corrected chi connectivity index (χ1v) is 6.03. The zero-order chi connectivity index (χ0) is 14.7. The summed E-state index contributed by atoms with van der Waals surface area (Å²) in [5.74, 6) is -4.01. The summed E-state index contributed by atoms with van der Waals surface area (Å²) in [5, 5.41) is 28.1. The van der Waals surface area contributed by atoms with Crippen molar-refractivity contribution >= 4 is 11.9 Å². The predicted octanol–water partition coefficient (Wildman–Crippen LogP) is -2.76. The quantitative estimate of drug-likeness (QED) is 0.370. The number of fused-ring (bicyclic) bond motifs is 2. The second-order valence-electron chi connectivity index (χ2n) is 5.08. The molecule has 0 spiro atoms. The van der Waals surface area contributed by atoms with Crippen LogP contribution in [0.1, 0.15) is 19.8 Å². The molecule has 7 heteroatoms. The van der Waals surface area contributed by atoms with Crippen molar-refractivity contribution in [3.05, 3.63) is 12.2 Å². The van der Waals surface area contributed by atoms with Crippen molar-refractivity contribution in [1.82, 2.24) is 0 Å². The summed E-state index contributed by atoms with van der Waals surface area (Å²) >= 11 is 0. The Balaban J connectivity index is 0.000000258. The molecule has 1 fully saturated rings. The number of ether oxygens (including phenoxy) is 1. The molecule has 108 valence electrons. The molecular weight excluding hydrogens is 254 g/mol. The molecule has 19 heavy (non-hydrogen) atoms. The monoisotopic (exact) mass is 273 g/mol. The summed E-state index contributed by atoms with van der Waals surface area (Å²) < 4.78 is 5.98. The minimum Gasteiger partial charge on any atom is -0.539 e. The molecule has 0 aliphatic carbocycles. The third-order valence-electron chi connectivity index (χ3n) is 3.12. The Hall–Kier alpha value is -1.44. The lowest BCUT2D eigenvalue weighted by molar-refractivity contribution is -0.640. The number of hydrogen-bond donors (Lipinski definition) is 3. The Morgan fingerprint density at radius 3 is 2.53 bits per heavy atom. The van der Waals surface area contributed by atoms with Crippen LogP contribution >= 0.6 is 0 Å². The minimum atomic E-state index is -2.07. The number of carboxylic acid groups (broad SMARTS) is 2. The van der Waals surface area contributed by atoms with Gasteiger partial charge in [-0.1, -0.05) is 6.08 Å². The van der Waals surface area contributed by atoms with Gasteiger partial charge < -0.3 is 30.2 Å². The lowest BCUT2D eigenvalue weighted by Gasteiger charge is -2.39. The van der Waals surface area contributed by atoms with Gasteiger partial charge in [0.05, 0.1) is 18.8 Å². The van der Waals surface area contributed by atoms with Crippen LogP contribution in [0.15, 0.2) is 12.2 Å². The van der Waals surface area contributed by atoms with Crippen molar-refractivity contribution in [2.75, 3.05) is 13.6 Å². The van der Waals surface area contributed by atoms with Gasteiger partial charge >= 0.3 is 5.97 Å². The summed E-state index contributed by atoms with van der Waals surface area (Å²) in [4.78, 5) is 18.0. The summed E-state index contributed by atoms with van der Waals surface area (Å²) in [6, 6.07) is 0. The lowest BCUT2D eigenvalue weighted by atomic mass is 9.90. The van der Waals surface area contributed by atoms with E-state index >= 15 is 0 Å². The second-order valence-corrected chi connectivity index (χ2v) is 5.08. The molecule has 0 radical (unpaired) electrons. The fourth-order valence-electron chi connectivity index (χ4n) is 2.56. The van der Waals surface area contributed by atoms with Gasteiger partial charge in [0.2, 0.25) is 0 Å². The predicted molar refractivity (Wildman–Crippen MR) is 62.0 cm³/mol. The molecule has 3 unspecified atom stereocenters.